The minimum atomic E-state index is -0.268. The van der Waals surface area contributed by atoms with E-state index >= 15 is 0 Å². The third-order valence-corrected chi connectivity index (χ3v) is 4.43. The first-order chi connectivity index (χ1) is 12.1. The minimum absolute atomic E-state index is 0.268. The van der Waals surface area contributed by atoms with Crippen LogP contribution in [0.3, 0.4) is 0 Å². The molecule has 1 N–H and O–H groups in total. The van der Waals surface area contributed by atoms with Gasteiger partial charge < -0.3 is 15.0 Å². The second-order valence-corrected chi connectivity index (χ2v) is 6.25. The maximum atomic E-state index is 13.7. The van der Waals surface area contributed by atoms with Crippen molar-refractivity contribution in [2.45, 2.75) is 20.0 Å². The van der Waals surface area contributed by atoms with Crippen LogP contribution in [0.15, 0.2) is 30.5 Å². The molecule has 0 saturated heterocycles. The molecule has 3 aromatic rings. The fraction of sp³-hybridized carbons (Fsp3) is 0.333. The number of hydrogen-bond donors (Lipinski definition) is 1. The van der Waals surface area contributed by atoms with Crippen molar-refractivity contribution < 1.29 is 9.13 Å². The molecule has 0 aliphatic carbocycles. The second-order valence-electron chi connectivity index (χ2n) is 6.25. The van der Waals surface area contributed by atoms with Crippen LogP contribution in [0, 0.1) is 12.7 Å². The lowest BCUT2D eigenvalue weighted by Crippen LogP contribution is -2.21. The van der Waals surface area contributed by atoms with E-state index in [9.17, 15) is 4.39 Å². The lowest BCUT2D eigenvalue weighted by atomic mass is 10.2. The monoisotopic (exact) mass is 341 g/mol. The van der Waals surface area contributed by atoms with Crippen LogP contribution >= 0.6 is 0 Å². The molecule has 1 aliphatic heterocycles. The van der Waals surface area contributed by atoms with Crippen LogP contribution in [0.2, 0.25) is 0 Å². The summed E-state index contributed by atoms with van der Waals surface area (Å²) in [7, 11) is 1.94. The Morgan fingerprint density at radius 1 is 1.28 bits per heavy atom. The highest BCUT2D eigenvalue weighted by molar-refractivity contribution is 5.55. The zero-order valence-corrected chi connectivity index (χ0v) is 14.3. The van der Waals surface area contributed by atoms with Crippen molar-refractivity contribution in [1.82, 2.24) is 19.9 Å². The Labute approximate surface area is 145 Å². The molecule has 6 nitrogen and oxygen atoms in total. The second kappa shape index (κ2) is 6.33. The summed E-state index contributed by atoms with van der Waals surface area (Å²) >= 11 is 0. The number of nitrogens with zero attached hydrogens (tertiary/aromatic N) is 4. The van der Waals surface area contributed by atoms with Crippen LogP contribution in [-0.2, 0) is 13.1 Å². The van der Waals surface area contributed by atoms with E-state index in [0.717, 1.165) is 28.3 Å². The van der Waals surface area contributed by atoms with Crippen molar-refractivity contribution in [2.24, 2.45) is 0 Å². The number of benzene rings is 1. The summed E-state index contributed by atoms with van der Waals surface area (Å²) in [6, 6.07) is 6.55. The fourth-order valence-corrected chi connectivity index (χ4v) is 3.09. The van der Waals surface area contributed by atoms with Gasteiger partial charge in [0.1, 0.15) is 24.0 Å². The summed E-state index contributed by atoms with van der Waals surface area (Å²) in [5.74, 6) is 1.24. The van der Waals surface area contributed by atoms with Crippen LogP contribution in [-0.4, -0.2) is 34.8 Å². The Morgan fingerprint density at radius 3 is 3.04 bits per heavy atom. The minimum Gasteiger partial charge on any atom is -0.492 e. The molecule has 7 heteroatoms. The Balaban J connectivity index is 1.78. The number of aryl methyl sites for hydroxylation is 1. The van der Waals surface area contributed by atoms with Crippen LogP contribution in [0.4, 0.5) is 10.2 Å². The van der Waals surface area contributed by atoms with Crippen molar-refractivity contribution in [3.63, 3.8) is 0 Å². The fourth-order valence-electron chi connectivity index (χ4n) is 3.09. The van der Waals surface area contributed by atoms with E-state index in [-0.39, 0.29) is 5.82 Å². The molecule has 25 heavy (non-hydrogen) atoms. The van der Waals surface area contributed by atoms with E-state index < -0.39 is 0 Å². The molecule has 3 heterocycles. The topological polar surface area (TPSA) is 54.7 Å². The summed E-state index contributed by atoms with van der Waals surface area (Å²) in [4.78, 5) is 6.75. The van der Waals surface area contributed by atoms with Gasteiger partial charge in [-0.25, -0.2) is 13.9 Å². The number of hydrogen-bond acceptors (Lipinski definition) is 5. The average Bonchev–Trinajstić information content (AvgIpc) is 2.90. The molecular formula is C18H20FN5O. The molecule has 130 valence electrons. The van der Waals surface area contributed by atoms with Crippen LogP contribution in [0.5, 0.6) is 5.75 Å². The molecule has 1 aliphatic rings. The van der Waals surface area contributed by atoms with Crippen molar-refractivity contribution in [1.29, 1.82) is 0 Å². The van der Waals surface area contributed by atoms with E-state index in [4.69, 9.17) is 9.72 Å². The van der Waals surface area contributed by atoms with Crippen molar-refractivity contribution in [3.05, 3.63) is 53.1 Å². The first kappa shape index (κ1) is 15.8. The van der Waals surface area contributed by atoms with E-state index in [1.807, 2.05) is 31.1 Å². The van der Waals surface area contributed by atoms with E-state index in [1.54, 1.807) is 10.6 Å². The molecule has 0 unspecified atom stereocenters. The van der Waals surface area contributed by atoms with Gasteiger partial charge in [-0.05, 0) is 31.2 Å². The predicted molar refractivity (Wildman–Crippen MR) is 93.4 cm³/mol. The van der Waals surface area contributed by atoms with Gasteiger partial charge in [0, 0.05) is 44.0 Å². The number of ether oxygens (including phenoxy) is 1. The van der Waals surface area contributed by atoms with Crippen molar-refractivity contribution in [2.75, 3.05) is 25.1 Å². The molecule has 0 spiro atoms. The third kappa shape index (κ3) is 3.02. The standard InChI is InChI=1S/C18H20FN5O/c1-12-15-10-20-6-8-25-16-4-3-14(19)9-13(16)11-23(2)17-5-7-24(22-12)18(15)21-17/h3-5,7,9,20H,6,8,10-11H2,1-2H3. The molecule has 1 aromatic carbocycles. The zero-order chi connectivity index (χ0) is 17.4. The highest BCUT2D eigenvalue weighted by Crippen LogP contribution is 2.24. The Hall–Kier alpha value is -2.67. The van der Waals surface area contributed by atoms with Crippen LogP contribution in [0.25, 0.3) is 5.65 Å². The van der Waals surface area contributed by atoms with Gasteiger partial charge in [0.05, 0.1) is 5.69 Å². The van der Waals surface area contributed by atoms with Gasteiger partial charge in [0.25, 0.3) is 0 Å². The Kier molecular flexibility index (Phi) is 4.01. The quantitative estimate of drug-likeness (QED) is 0.680. The normalized spacial score (nSPS) is 15.2. The van der Waals surface area contributed by atoms with Crippen LogP contribution < -0.4 is 15.0 Å². The summed E-state index contributed by atoms with van der Waals surface area (Å²) in [6.45, 7) is 4.36. The average molecular weight is 341 g/mol. The zero-order valence-electron chi connectivity index (χ0n) is 14.3. The Morgan fingerprint density at radius 2 is 2.16 bits per heavy atom. The summed E-state index contributed by atoms with van der Waals surface area (Å²) in [5.41, 5.74) is 3.68. The smallest absolute Gasteiger partial charge is 0.162 e. The Bertz CT molecular complexity index is 923. The highest BCUT2D eigenvalue weighted by atomic mass is 19.1. The molecule has 0 saturated carbocycles. The number of rotatable bonds is 0. The molecule has 0 amide bonds. The van der Waals surface area contributed by atoms with Gasteiger partial charge in [-0.2, -0.15) is 5.10 Å². The molecule has 0 fully saturated rings. The molecule has 4 rings (SSSR count). The molecule has 0 atom stereocenters. The first-order valence-corrected chi connectivity index (χ1v) is 8.30. The van der Waals surface area contributed by atoms with Gasteiger partial charge in [-0.1, -0.05) is 0 Å². The molecule has 0 radical (unpaired) electrons. The van der Waals surface area contributed by atoms with Gasteiger partial charge in [0.15, 0.2) is 5.65 Å². The molecular weight excluding hydrogens is 321 g/mol. The number of nitrogens with one attached hydrogen (secondary N) is 1. The largest absolute Gasteiger partial charge is 0.492 e. The van der Waals surface area contributed by atoms with E-state index in [1.165, 1.54) is 12.1 Å². The maximum absolute atomic E-state index is 13.7. The molecule has 2 bridgehead atoms. The van der Waals surface area contributed by atoms with Gasteiger partial charge in [-0.3, -0.25) is 0 Å². The van der Waals surface area contributed by atoms with E-state index in [2.05, 4.69) is 10.4 Å². The number of aromatic nitrogens is 3. The predicted octanol–water partition coefficient (Wildman–Crippen LogP) is 2.30. The highest BCUT2D eigenvalue weighted by Gasteiger charge is 2.15. The van der Waals surface area contributed by atoms with Crippen molar-refractivity contribution in [3.8, 4) is 5.75 Å². The summed E-state index contributed by atoms with van der Waals surface area (Å²) in [5, 5.41) is 7.88. The SMILES string of the molecule is Cc1nn2ccc3nc2c1CNCCOc1ccc(F)cc1CN3C. The number of fused-ring (bicyclic) bond motifs is 2. The lowest BCUT2D eigenvalue weighted by Gasteiger charge is -2.20. The van der Waals surface area contributed by atoms with Gasteiger partial charge in [0.2, 0.25) is 0 Å². The van der Waals surface area contributed by atoms with Gasteiger partial charge >= 0.3 is 0 Å². The molecule has 2 aromatic heterocycles. The third-order valence-electron chi connectivity index (χ3n) is 4.43. The van der Waals surface area contributed by atoms with Crippen molar-refractivity contribution >= 4 is 11.5 Å². The van der Waals surface area contributed by atoms with E-state index in [0.29, 0.717) is 32.0 Å². The summed E-state index contributed by atoms with van der Waals surface area (Å²) in [6.07, 6.45) is 1.91. The number of halogens is 1. The first-order valence-electron chi connectivity index (χ1n) is 8.30. The summed E-state index contributed by atoms with van der Waals surface area (Å²) < 4.78 is 21.3. The maximum Gasteiger partial charge on any atom is 0.162 e. The van der Waals surface area contributed by atoms with Crippen LogP contribution in [0.1, 0.15) is 16.8 Å². The van der Waals surface area contributed by atoms with Gasteiger partial charge in [-0.15, -0.1) is 0 Å². The lowest BCUT2D eigenvalue weighted by molar-refractivity contribution is 0.310. The number of anilines is 1.